The molecular weight excluding hydrogens is 412 g/mol. The van der Waals surface area contributed by atoms with Crippen LogP contribution in [0.25, 0.3) is 11.0 Å². The van der Waals surface area contributed by atoms with E-state index in [-0.39, 0.29) is 17.0 Å². The molecule has 0 fully saturated rings. The van der Waals surface area contributed by atoms with Gasteiger partial charge in [-0.15, -0.1) is 0 Å². The van der Waals surface area contributed by atoms with Crippen LogP contribution in [0.4, 0.5) is 0 Å². The highest BCUT2D eigenvalue weighted by Crippen LogP contribution is 2.46. The fourth-order valence-electron chi connectivity index (χ4n) is 3.45. The number of hydrogen-bond acceptors (Lipinski definition) is 5. The van der Waals surface area contributed by atoms with E-state index < -0.39 is 11.5 Å². The number of nitrogens with one attached hydrogen (secondary N) is 1. The Kier molecular flexibility index (Phi) is 3.51. The van der Waals surface area contributed by atoms with Gasteiger partial charge in [0.15, 0.2) is 5.75 Å². The van der Waals surface area contributed by atoms with E-state index in [0.717, 1.165) is 10.0 Å². The molecule has 0 radical (unpaired) electrons. The third-order valence-corrected chi connectivity index (χ3v) is 5.16. The maximum Gasteiger partial charge on any atom is 0.344 e. The summed E-state index contributed by atoms with van der Waals surface area (Å²) in [6, 6.07) is 14.6. The molecule has 0 spiro atoms. The molecule has 6 nitrogen and oxygen atoms in total. The van der Waals surface area contributed by atoms with Crippen molar-refractivity contribution < 1.29 is 9.15 Å². The maximum atomic E-state index is 12.9. The lowest BCUT2D eigenvalue weighted by Crippen LogP contribution is -2.27. The summed E-state index contributed by atoms with van der Waals surface area (Å²) in [5.41, 5.74) is 0.878. The fraction of sp³-hybridized carbons (Fsp3) is 0.0500. The van der Waals surface area contributed by atoms with Crippen LogP contribution in [0.15, 0.2) is 73.3 Å². The minimum atomic E-state index is -0.643. The second-order valence-electron chi connectivity index (χ2n) is 6.17. The van der Waals surface area contributed by atoms with Crippen molar-refractivity contribution in [1.82, 2.24) is 9.97 Å². The van der Waals surface area contributed by atoms with Crippen molar-refractivity contribution >= 4 is 26.9 Å². The van der Waals surface area contributed by atoms with Gasteiger partial charge in [0.25, 0.3) is 5.56 Å². The van der Waals surface area contributed by atoms with Crippen molar-refractivity contribution in [3.05, 3.63) is 96.8 Å². The second kappa shape index (κ2) is 5.92. The number of H-pyrrole nitrogens is 1. The highest BCUT2D eigenvalue weighted by Gasteiger charge is 2.36. The van der Waals surface area contributed by atoms with Crippen molar-refractivity contribution in [2.24, 2.45) is 0 Å². The Bertz CT molecular complexity index is 1310. The Balaban J connectivity index is 1.91. The zero-order valence-electron chi connectivity index (χ0n) is 13.7. The normalized spacial score (nSPS) is 15.1. The van der Waals surface area contributed by atoms with Crippen LogP contribution < -0.4 is 15.9 Å². The molecule has 0 saturated heterocycles. The second-order valence-corrected chi connectivity index (χ2v) is 7.08. The molecule has 0 bridgehead atoms. The molecule has 27 heavy (non-hydrogen) atoms. The molecule has 5 rings (SSSR count). The van der Waals surface area contributed by atoms with Crippen LogP contribution in [0.2, 0.25) is 0 Å². The fourth-order valence-corrected chi connectivity index (χ4v) is 3.72. The summed E-state index contributed by atoms with van der Waals surface area (Å²) < 4.78 is 12.3. The molecule has 1 aliphatic heterocycles. The number of aromatic amines is 1. The number of aromatic nitrogens is 2. The highest BCUT2D eigenvalue weighted by atomic mass is 79.9. The standard InChI is InChI=1S/C20H11BrN2O4/c21-11-7-5-10(6-8-11)14-15-17(27-19-16(14)18(24)22-9-23-19)12-3-1-2-4-13(12)26-20(15)25/h1-9,14H,(H,22,23,24)/t14-/m1/s1. The van der Waals surface area contributed by atoms with Crippen molar-refractivity contribution in [2.75, 3.05) is 0 Å². The first-order chi connectivity index (χ1) is 13.1. The van der Waals surface area contributed by atoms with Crippen LogP contribution in [-0.4, -0.2) is 9.97 Å². The van der Waals surface area contributed by atoms with Crippen LogP contribution in [0.3, 0.4) is 0 Å². The van der Waals surface area contributed by atoms with E-state index >= 15 is 0 Å². The first-order valence-corrected chi connectivity index (χ1v) is 8.99. The first-order valence-electron chi connectivity index (χ1n) is 8.20. The molecular formula is C20H11BrN2O4. The van der Waals surface area contributed by atoms with Crippen molar-refractivity contribution in [3.8, 4) is 11.6 Å². The number of fused-ring (bicyclic) bond motifs is 4. The molecule has 132 valence electrons. The van der Waals surface area contributed by atoms with Gasteiger partial charge in [-0.3, -0.25) is 4.79 Å². The topological polar surface area (TPSA) is 85.2 Å². The maximum absolute atomic E-state index is 12.9. The summed E-state index contributed by atoms with van der Waals surface area (Å²) in [6.07, 6.45) is 1.29. The smallest absolute Gasteiger partial charge is 0.344 e. The molecule has 1 N–H and O–H groups in total. The predicted molar refractivity (Wildman–Crippen MR) is 103 cm³/mol. The number of halogens is 1. The van der Waals surface area contributed by atoms with Crippen molar-refractivity contribution in [3.63, 3.8) is 0 Å². The minimum Gasteiger partial charge on any atom is -0.437 e. The van der Waals surface area contributed by atoms with E-state index in [9.17, 15) is 9.59 Å². The van der Waals surface area contributed by atoms with E-state index in [4.69, 9.17) is 9.15 Å². The summed E-state index contributed by atoms with van der Waals surface area (Å²) in [7, 11) is 0. The molecule has 2 aromatic heterocycles. The average molecular weight is 423 g/mol. The third-order valence-electron chi connectivity index (χ3n) is 4.63. The van der Waals surface area contributed by atoms with Gasteiger partial charge in [-0.05, 0) is 29.8 Å². The molecule has 0 aliphatic carbocycles. The quantitative estimate of drug-likeness (QED) is 0.413. The van der Waals surface area contributed by atoms with Crippen LogP contribution in [0.5, 0.6) is 11.6 Å². The van der Waals surface area contributed by atoms with Crippen molar-refractivity contribution in [1.29, 1.82) is 0 Å². The minimum absolute atomic E-state index is 0.190. The molecule has 7 heteroatoms. The molecule has 0 amide bonds. The number of ether oxygens (including phenoxy) is 1. The van der Waals surface area contributed by atoms with Crippen LogP contribution >= 0.6 is 15.9 Å². The monoisotopic (exact) mass is 422 g/mol. The SMILES string of the molecule is O=c1[nH]cnc2c1[C@H](c1ccc(Br)cc1)c1c(c3ccccc3oc1=O)O2. The summed E-state index contributed by atoms with van der Waals surface area (Å²) in [6.45, 7) is 0. The number of hydrogen-bond donors (Lipinski definition) is 1. The van der Waals surface area contributed by atoms with Gasteiger partial charge in [0.05, 0.1) is 28.8 Å². The predicted octanol–water partition coefficient (Wildman–Crippen LogP) is 3.92. The zero-order valence-corrected chi connectivity index (χ0v) is 15.3. The molecule has 4 aromatic rings. The number of rotatable bonds is 1. The average Bonchev–Trinajstić information content (AvgIpc) is 2.68. The Morgan fingerprint density at radius 3 is 2.59 bits per heavy atom. The van der Waals surface area contributed by atoms with Crippen molar-refractivity contribution in [2.45, 2.75) is 5.92 Å². The number of para-hydroxylation sites is 1. The largest absolute Gasteiger partial charge is 0.437 e. The van der Waals surface area contributed by atoms with Gasteiger partial charge in [0.1, 0.15) is 5.58 Å². The molecule has 0 unspecified atom stereocenters. The van der Waals surface area contributed by atoms with Crippen LogP contribution in [0.1, 0.15) is 22.6 Å². The van der Waals surface area contributed by atoms with Gasteiger partial charge in [-0.2, -0.15) is 0 Å². The van der Waals surface area contributed by atoms with E-state index in [1.807, 2.05) is 36.4 Å². The van der Waals surface area contributed by atoms with Crippen LogP contribution in [0, 0.1) is 0 Å². The first kappa shape index (κ1) is 16.0. The van der Waals surface area contributed by atoms with Gasteiger partial charge in [0.2, 0.25) is 5.88 Å². The van der Waals surface area contributed by atoms with Gasteiger partial charge in [-0.1, -0.05) is 40.2 Å². The summed E-state index contributed by atoms with van der Waals surface area (Å²) in [5.74, 6) is -0.0783. The number of benzene rings is 2. The van der Waals surface area contributed by atoms with Gasteiger partial charge < -0.3 is 14.1 Å². The Morgan fingerprint density at radius 1 is 1.00 bits per heavy atom. The van der Waals surface area contributed by atoms with E-state index in [1.54, 1.807) is 12.1 Å². The van der Waals surface area contributed by atoms with Gasteiger partial charge in [-0.25, -0.2) is 9.78 Å². The van der Waals surface area contributed by atoms with E-state index in [1.165, 1.54) is 6.33 Å². The van der Waals surface area contributed by atoms with Gasteiger partial charge in [0, 0.05) is 4.47 Å². The molecule has 3 heterocycles. The molecule has 1 aliphatic rings. The Morgan fingerprint density at radius 2 is 1.78 bits per heavy atom. The lowest BCUT2D eigenvalue weighted by Gasteiger charge is -2.26. The summed E-state index contributed by atoms with van der Waals surface area (Å²) in [4.78, 5) is 32.2. The number of nitrogens with zero attached hydrogens (tertiary/aromatic N) is 1. The Hall–Kier alpha value is -3.19. The zero-order chi connectivity index (χ0) is 18.5. The lowest BCUT2D eigenvalue weighted by atomic mass is 9.84. The summed E-state index contributed by atoms with van der Waals surface area (Å²) in [5, 5.41) is 0.655. The van der Waals surface area contributed by atoms with E-state index in [2.05, 4.69) is 25.9 Å². The third kappa shape index (κ3) is 2.43. The van der Waals surface area contributed by atoms with Crippen LogP contribution in [-0.2, 0) is 0 Å². The Labute approximate surface area is 160 Å². The summed E-state index contributed by atoms with van der Waals surface area (Å²) >= 11 is 3.41. The molecule has 0 saturated carbocycles. The highest BCUT2D eigenvalue weighted by molar-refractivity contribution is 9.10. The molecule has 1 atom stereocenters. The molecule has 2 aromatic carbocycles. The lowest BCUT2D eigenvalue weighted by molar-refractivity contribution is 0.420. The van der Waals surface area contributed by atoms with Gasteiger partial charge >= 0.3 is 5.63 Å². The van der Waals surface area contributed by atoms with E-state index in [0.29, 0.717) is 22.3 Å².